The highest BCUT2D eigenvalue weighted by Gasteiger charge is 2.19. The van der Waals surface area contributed by atoms with Gasteiger partial charge in [0.2, 0.25) is 0 Å². The van der Waals surface area contributed by atoms with Crippen molar-refractivity contribution in [3.05, 3.63) is 30.5 Å². The van der Waals surface area contributed by atoms with Gasteiger partial charge < -0.3 is 14.6 Å². The van der Waals surface area contributed by atoms with Gasteiger partial charge in [-0.15, -0.1) is 0 Å². The molecule has 1 aliphatic rings. The fraction of sp³-hybridized carbons (Fsp3) is 0.529. The Morgan fingerprint density at radius 2 is 2.15 bits per heavy atom. The van der Waals surface area contributed by atoms with Crippen molar-refractivity contribution in [2.45, 2.75) is 39.3 Å². The van der Waals surface area contributed by atoms with E-state index in [9.17, 15) is 0 Å². The first-order valence-electron chi connectivity index (χ1n) is 7.68. The van der Waals surface area contributed by atoms with Crippen LogP contribution < -0.4 is 10.1 Å². The molecule has 1 saturated carbocycles. The maximum Gasteiger partial charge on any atom is 0.120 e. The topological polar surface area (TPSA) is 26.2 Å². The van der Waals surface area contributed by atoms with E-state index in [1.54, 1.807) is 0 Å². The Hall–Kier alpha value is -1.48. The summed E-state index contributed by atoms with van der Waals surface area (Å²) in [5.41, 5.74) is 1.29. The second-order valence-electron chi connectivity index (χ2n) is 6.04. The molecule has 3 nitrogen and oxygen atoms in total. The van der Waals surface area contributed by atoms with Gasteiger partial charge in [0.15, 0.2) is 0 Å². The maximum atomic E-state index is 5.74. The predicted molar refractivity (Wildman–Crippen MR) is 83.3 cm³/mol. The zero-order valence-electron chi connectivity index (χ0n) is 12.4. The summed E-state index contributed by atoms with van der Waals surface area (Å²) in [4.78, 5) is 0. The minimum atomic E-state index is 0.223. The van der Waals surface area contributed by atoms with Crippen LogP contribution >= 0.6 is 0 Å². The van der Waals surface area contributed by atoms with Gasteiger partial charge in [0.05, 0.1) is 6.10 Å². The molecule has 1 N–H and O–H groups in total. The zero-order chi connectivity index (χ0) is 13.9. The van der Waals surface area contributed by atoms with Crippen LogP contribution in [0.1, 0.15) is 26.7 Å². The number of aromatic nitrogens is 1. The van der Waals surface area contributed by atoms with E-state index < -0.39 is 0 Å². The van der Waals surface area contributed by atoms with Crippen LogP contribution in [-0.4, -0.2) is 23.8 Å². The summed E-state index contributed by atoms with van der Waals surface area (Å²) in [6.45, 7) is 7.37. The molecule has 108 valence electrons. The highest BCUT2D eigenvalue weighted by molar-refractivity contribution is 5.81. The van der Waals surface area contributed by atoms with Gasteiger partial charge in [-0.1, -0.05) is 0 Å². The first kappa shape index (κ1) is 13.5. The summed E-state index contributed by atoms with van der Waals surface area (Å²) >= 11 is 0. The third-order valence-corrected chi connectivity index (χ3v) is 3.77. The van der Waals surface area contributed by atoms with E-state index in [1.807, 2.05) is 0 Å². The molecule has 0 amide bonds. The highest BCUT2D eigenvalue weighted by Crippen LogP contribution is 2.27. The van der Waals surface area contributed by atoms with Crippen molar-refractivity contribution in [3.8, 4) is 5.75 Å². The zero-order valence-corrected chi connectivity index (χ0v) is 12.4. The summed E-state index contributed by atoms with van der Waals surface area (Å²) in [7, 11) is 0. The van der Waals surface area contributed by atoms with E-state index in [1.165, 1.54) is 30.3 Å². The molecule has 0 aliphatic heterocycles. The van der Waals surface area contributed by atoms with Gasteiger partial charge in [-0.3, -0.25) is 0 Å². The molecule has 1 heterocycles. The lowest BCUT2D eigenvalue weighted by Crippen LogP contribution is -2.21. The number of hydrogen-bond acceptors (Lipinski definition) is 2. The van der Waals surface area contributed by atoms with E-state index in [2.05, 4.69) is 54.2 Å². The van der Waals surface area contributed by atoms with Crippen molar-refractivity contribution in [1.29, 1.82) is 0 Å². The van der Waals surface area contributed by atoms with Crippen LogP contribution in [0.2, 0.25) is 0 Å². The average molecular weight is 272 g/mol. The monoisotopic (exact) mass is 272 g/mol. The predicted octanol–water partition coefficient (Wildman–Crippen LogP) is 3.43. The lowest BCUT2D eigenvalue weighted by molar-refractivity contribution is 0.243. The molecule has 20 heavy (non-hydrogen) atoms. The molecule has 0 unspecified atom stereocenters. The van der Waals surface area contributed by atoms with Crippen molar-refractivity contribution >= 4 is 10.9 Å². The van der Waals surface area contributed by atoms with Crippen molar-refractivity contribution in [1.82, 2.24) is 9.88 Å². The van der Waals surface area contributed by atoms with Crippen LogP contribution in [-0.2, 0) is 6.54 Å². The summed E-state index contributed by atoms with van der Waals surface area (Å²) in [6.07, 6.45) is 5.22. The van der Waals surface area contributed by atoms with Crippen LogP contribution in [0, 0.1) is 5.92 Å². The number of hydrogen-bond donors (Lipinski definition) is 1. The molecular weight excluding hydrogens is 248 g/mol. The first-order chi connectivity index (χ1) is 9.72. The second kappa shape index (κ2) is 5.88. The largest absolute Gasteiger partial charge is 0.491 e. The third-order valence-electron chi connectivity index (χ3n) is 3.77. The number of benzene rings is 1. The van der Waals surface area contributed by atoms with E-state index in [0.29, 0.717) is 0 Å². The highest BCUT2D eigenvalue weighted by atomic mass is 16.5. The molecule has 1 fully saturated rings. The van der Waals surface area contributed by atoms with Crippen LogP contribution in [0.25, 0.3) is 10.9 Å². The molecule has 3 heteroatoms. The Kier molecular flexibility index (Phi) is 3.97. The third kappa shape index (κ3) is 3.34. The van der Waals surface area contributed by atoms with Crippen LogP contribution in [0.15, 0.2) is 30.5 Å². The Morgan fingerprint density at radius 1 is 1.30 bits per heavy atom. The van der Waals surface area contributed by atoms with E-state index in [0.717, 1.165) is 24.8 Å². The fourth-order valence-electron chi connectivity index (χ4n) is 2.55. The fourth-order valence-corrected chi connectivity index (χ4v) is 2.55. The van der Waals surface area contributed by atoms with Gasteiger partial charge in [0.1, 0.15) is 5.75 Å². The van der Waals surface area contributed by atoms with Gasteiger partial charge >= 0.3 is 0 Å². The van der Waals surface area contributed by atoms with Gasteiger partial charge in [-0.2, -0.15) is 0 Å². The summed E-state index contributed by atoms with van der Waals surface area (Å²) in [6, 6.07) is 8.53. The van der Waals surface area contributed by atoms with Crippen LogP contribution in [0.3, 0.4) is 0 Å². The number of rotatable bonds is 7. The second-order valence-corrected chi connectivity index (χ2v) is 6.04. The number of ether oxygens (including phenoxy) is 1. The standard InChI is InChI=1S/C17H24N2O/c1-13(2)20-16-5-6-17-15(11-16)7-9-19(17)10-8-18-12-14-3-4-14/h5-7,9,11,13-14,18H,3-4,8,10,12H2,1-2H3. The molecule has 1 aliphatic carbocycles. The Labute approximate surface area is 120 Å². The van der Waals surface area contributed by atoms with Crippen molar-refractivity contribution < 1.29 is 4.74 Å². The lowest BCUT2D eigenvalue weighted by Gasteiger charge is -2.10. The first-order valence-corrected chi connectivity index (χ1v) is 7.68. The minimum absolute atomic E-state index is 0.223. The molecular formula is C17H24N2O. The van der Waals surface area contributed by atoms with Gasteiger partial charge in [0.25, 0.3) is 0 Å². The van der Waals surface area contributed by atoms with Crippen molar-refractivity contribution in [2.24, 2.45) is 5.92 Å². The summed E-state index contributed by atoms with van der Waals surface area (Å²) in [5.74, 6) is 1.91. The quantitative estimate of drug-likeness (QED) is 0.782. The smallest absolute Gasteiger partial charge is 0.120 e. The minimum Gasteiger partial charge on any atom is -0.491 e. The van der Waals surface area contributed by atoms with Crippen molar-refractivity contribution in [2.75, 3.05) is 13.1 Å². The number of nitrogens with one attached hydrogen (secondary N) is 1. The van der Waals surface area contributed by atoms with Gasteiger partial charge in [-0.05, 0) is 63.4 Å². The molecule has 0 bridgehead atoms. The average Bonchev–Trinajstić information content (AvgIpc) is 3.15. The van der Waals surface area contributed by atoms with Gasteiger partial charge in [0, 0.05) is 30.2 Å². The molecule has 2 aromatic rings. The normalized spacial score (nSPS) is 15.2. The molecule has 0 atom stereocenters. The van der Waals surface area contributed by atoms with Gasteiger partial charge in [-0.25, -0.2) is 0 Å². The van der Waals surface area contributed by atoms with Crippen LogP contribution in [0.5, 0.6) is 5.75 Å². The van der Waals surface area contributed by atoms with E-state index >= 15 is 0 Å². The van der Waals surface area contributed by atoms with E-state index in [-0.39, 0.29) is 6.10 Å². The lowest BCUT2D eigenvalue weighted by atomic mass is 10.2. The van der Waals surface area contributed by atoms with E-state index in [4.69, 9.17) is 4.74 Å². The van der Waals surface area contributed by atoms with Crippen molar-refractivity contribution in [3.63, 3.8) is 0 Å². The molecule has 1 aromatic carbocycles. The Bertz CT molecular complexity index is 569. The number of nitrogens with zero attached hydrogens (tertiary/aromatic N) is 1. The molecule has 0 spiro atoms. The molecule has 3 rings (SSSR count). The SMILES string of the molecule is CC(C)Oc1ccc2c(ccn2CCNCC2CC2)c1. The molecule has 0 radical (unpaired) electrons. The molecule has 1 aromatic heterocycles. The maximum absolute atomic E-state index is 5.74. The Balaban J connectivity index is 1.62. The summed E-state index contributed by atoms with van der Waals surface area (Å²) < 4.78 is 8.06. The Morgan fingerprint density at radius 3 is 2.90 bits per heavy atom. The molecule has 0 saturated heterocycles. The summed E-state index contributed by atoms with van der Waals surface area (Å²) in [5, 5.41) is 4.80. The number of fused-ring (bicyclic) bond motifs is 1. The van der Waals surface area contributed by atoms with Crippen LogP contribution in [0.4, 0.5) is 0 Å².